The summed E-state index contributed by atoms with van der Waals surface area (Å²) >= 11 is 0. The number of piperidine rings is 1. The van der Waals surface area contributed by atoms with E-state index in [-0.39, 0.29) is 23.8 Å². The molecule has 0 spiro atoms. The number of aromatic nitrogens is 4. The van der Waals surface area contributed by atoms with Crippen LogP contribution in [0.15, 0.2) is 55.0 Å². The number of nitrogens with two attached hydrogens (primary N) is 1. The van der Waals surface area contributed by atoms with Crippen molar-refractivity contribution in [2.75, 3.05) is 24.1 Å². The summed E-state index contributed by atoms with van der Waals surface area (Å²) in [4.78, 5) is 40.8. The van der Waals surface area contributed by atoms with Crippen LogP contribution in [0.3, 0.4) is 0 Å². The van der Waals surface area contributed by atoms with Gasteiger partial charge in [-0.3, -0.25) is 14.0 Å². The van der Waals surface area contributed by atoms with Crippen molar-refractivity contribution >= 4 is 29.0 Å². The first kappa shape index (κ1) is 24.8. The van der Waals surface area contributed by atoms with Crippen LogP contribution in [-0.2, 0) is 4.79 Å². The number of nitrogen functional groups attached to an aromatic ring is 1. The highest BCUT2D eigenvalue weighted by atomic mass is 16.5. The average molecular weight is 526 g/mol. The number of anilines is 2. The zero-order valence-electron chi connectivity index (χ0n) is 21.8. The summed E-state index contributed by atoms with van der Waals surface area (Å²) in [5.41, 5.74) is 9.07. The van der Waals surface area contributed by atoms with Crippen LogP contribution in [0.1, 0.15) is 61.1 Å². The van der Waals surface area contributed by atoms with Gasteiger partial charge in [0.25, 0.3) is 5.91 Å². The molecule has 1 aliphatic carbocycles. The van der Waals surface area contributed by atoms with Crippen LogP contribution in [0.4, 0.5) is 11.6 Å². The molecule has 2 amide bonds. The molecule has 1 saturated carbocycles. The molecular formula is C29H31N7O3. The predicted octanol–water partition coefficient (Wildman–Crippen LogP) is 4.28. The Bertz CT molecular complexity index is 1530. The molecular weight excluding hydrogens is 494 g/mol. The third-order valence-electron chi connectivity index (χ3n) is 7.27. The van der Waals surface area contributed by atoms with E-state index in [2.05, 4.69) is 15.3 Å². The third kappa shape index (κ3) is 5.14. The Balaban J connectivity index is 1.25. The molecule has 4 aromatic rings. The number of imidazole rings is 1. The fourth-order valence-corrected chi connectivity index (χ4v) is 5.11. The monoisotopic (exact) mass is 525 g/mol. The lowest BCUT2D eigenvalue weighted by Crippen LogP contribution is -2.39. The Morgan fingerprint density at radius 2 is 1.92 bits per heavy atom. The predicted molar refractivity (Wildman–Crippen MR) is 148 cm³/mol. The van der Waals surface area contributed by atoms with Gasteiger partial charge in [-0.2, -0.15) is 0 Å². The lowest BCUT2D eigenvalue weighted by molar-refractivity contribution is -0.132. The molecule has 200 valence electrons. The number of likely N-dealkylation sites (tertiary alicyclic amines) is 1. The molecule has 1 atom stereocenters. The van der Waals surface area contributed by atoms with Crippen molar-refractivity contribution in [2.24, 2.45) is 0 Å². The molecule has 2 aliphatic rings. The number of hydrogen-bond acceptors (Lipinski definition) is 7. The van der Waals surface area contributed by atoms with Crippen molar-refractivity contribution < 1.29 is 14.3 Å². The van der Waals surface area contributed by atoms with Gasteiger partial charge in [0.05, 0.1) is 6.10 Å². The highest BCUT2D eigenvalue weighted by Crippen LogP contribution is 2.34. The lowest BCUT2D eigenvalue weighted by Gasteiger charge is -2.32. The van der Waals surface area contributed by atoms with Gasteiger partial charge in [-0.15, -0.1) is 0 Å². The molecule has 4 heterocycles. The summed E-state index contributed by atoms with van der Waals surface area (Å²) in [5, 5.41) is 2.84. The van der Waals surface area contributed by atoms with E-state index in [9.17, 15) is 9.59 Å². The van der Waals surface area contributed by atoms with Gasteiger partial charge >= 0.3 is 0 Å². The summed E-state index contributed by atoms with van der Waals surface area (Å²) in [6.07, 6.45) is 9.90. The lowest BCUT2D eigenvalue weighted by atomic mass is 9.97. The molecule has 10 nitrogen and oxygen atoms in total. The number of carbonyl (C=O) groups is 2. The van der Waals surface area contributed by atoms with Gasteiger partial charge in [0.2, 0.25) is 5.91 Å². The van der Waals surface area contributed by atoms with Crippen molar-refractivity contribution in [2.45, 2.75) is 51.0 Å². The molecule has 2 fully saturated rings. The summed E-state index contributed by atoms with van der Waals surface area (Å²) in [6, 6.07) is 10.8. The van der Waals surface area contributed by atoms with Gasteiger partial charge in [-0.05, 0) is 43.9 Å². The second-order valence-corrected chi connectivity index (χ2v) is 10.1. The van der Waals surface area contributed by atoms with Crippen molar-refractivity contribution in [1.29, 1.82) is 0 Å². The normalized spacial score (nSPS) is 17.3. The standard InChI is InChI=1S/C29H31N7O3/c1-2-24(37)35-14-3-4-20(17-35)28-34-25(26-27(30)32-13-15-36(26)28)18-5-7-19(8-6-18)29(38)33-23-16-22(11-12-31-23)39-21-9-10-21/h5-8,11-13,15-16,20-21H,2-4,9-10,14,17H2,1H3,(H2,30,32)(H,31,33,38). The van der Waals surface area contributed by atoms with Crippen LogP contribution in [0.5, 0.6) is 5.75 Å². The van der Waals surface area contributed by atoms with Crippen LogP contribution in [0.25, 0.3) is 16.8 Å². The van der Waals surface area contributed by atoms with Gasteiger partial charge in [0, 0.05) is 61.2 Å². The number of rotatable bonds is 7. The van der Waals surface area contributed by atoms with Gasteiger partial charge in [-0.25, -0.2) is 15.0 Å². The first-order valence-electron chi connectivity index (χ1n) is 13.4. The van der Waals surface area contributed by atoms with Gasteiger partial charge in [-0.1, -0.05) is 19.1 Å². The summed E-state index contributed by atoms with van der Waals surface area (Å²) in [5.74, 6) is 2.37. The molecule has 1 unspecified atom stereocenters. The molecule has 3 N–H and O–H groups in total. The van der Waals surface area contributed by atoms with E-state index in [1.165, 1.54) is 0 Å². The smallest absolute Gasteiger partial charge is 0.256 e. The summed E-state index contributed by atoms with van der Waals surface area (Å²) in [7, 11) is 0. The number of pyridine rings is 1. The number of nitrogens with one attached hydrogen (secondary N) is 1. The first-order chi connectivity index (χ1) is 19.0. The maximum Gasteiger partial charge on any atom is 0.256 e. The van der Waals surface area contributed by atoms with Crippen LogP contribution < -0.4 is 15.8 Å². The Hall–Kier alpha value is -4.47. The van der Waals surface area contributed by atoms with E-state index < -0.39 is 0 Å². The molecule has 0 radical (unpaired) electrons. The van der Waals surface area contributed by atoms with E-state index in [0.717, 1.165) is 49.1 Å². The van der Waals surface area contributed by atoms with Crippen molar-refractivity contribution in [3.63, 3.8) is 0 Å². The van der Waals surface area contributed by atoms with E-state index >= 15 is 0 Å². The van der Waals surface area contributed by atoms with Gasteiger partial charge in [0.15, 0.2) is 0 Å². The van der Waals surface area contributed by atoms with Crippen LogP contribution in [-0.4, -0.2) is 55.3 Å². The highest BCUT2D eigenvalue weighted by molar-refractivity contribution is 6.04. The third-order valence-corrected chi connectivity index (χ3v) is 7.27. The average Bonchev–Trinajstić information content (AvgIpc) is 3.69. The molecule has 39 heavy (non-hydrogen) atoms. The van der Waals surface area contributed by atoms with Crippen molar-refractivity contribution in [3.05, 3.63) is 66.4 Å². The summed E-state index contributed by atoms with van der Waals surface area (Å²) < 4.78 is 7.79. The summed E-state index contributed by atoms with van der Waals surface area (Å²) in [6.45, 7) is 3.30. The Kier molecular flexibility index (Phi) is 6.60. The molecule has 0 bridgehead atoms. The van der Waals surface area contributed by atoms with Crippen LogP contribution >= 0.6 is 0 Å². The Labute approximate surface area is 226 Å². The van der Waals surface area contributed by atoms with Crippen molar-refractivity contribution in [3.8, 4) is 17.0 Å². The van der Waals surface area contributed by atoms with E-state index in [0.29, 0.717) is 41.6 Å². The molecule has 10 heteroatoms. The number of carbonyl (C=O) groups excluding carboxylic acids is 2. The van der Waals surface area contributed by atoms with Gasteiger partial charge < -0.3 is 20.7 Å². The minimum absolute atomic E-state index is 0.0921. The second kappa shape index (κ2) is 10.4. The minimum Gasteiger partial charge on any atom is -0.490 e. The topological polar surface area (TPSA) is 128 Å². The number of nitrogens with zero attached hydrogens (tertiary/aromatic N) is 5. The maximum absolute atomic E-state index is 12.9. The number of fused-ring (bicyclic) bond motifs is 1. The van der Waals surface area contributed by atoms with E-state index in [4.69, 9.17) is 15.5 Å². The number of benzene rings is 1. The number of hydrogen-bond donors (Lipinski definition) is 2. The molecule has 3 aromatic heterocycles. The van der Waals surface area contributed by atoms with Crippen molar-refractivity contribution in [1.82, 2.24) is 24.3 Å². The fraction of sp³-hybridized carbons (Fsp3) is 0.345. The quantitative estimate of drug-likeness (QED) is 0.369. The molecule has 1 aromatic carbocycles. The fourth-order valence-electron chi connectivity index (χ4n) is 5.11. The molecule has 1 saturated heterocycles. The number of ether oxygens (including phenoxy) is 1. The Morgan fingerprint density at radius 1 is 1.10 bits per heavy atom. The molecule has 6 rings (SSSR count). The zero-order valence-corrected chi connectivity index (χ0v) is 21.8. The second-order valence-electron chi connectivity index (χ2n) is 10.1. The highest BCUT2D eigenvalue weighted by Gasteiger charge is 2.29. The largest absolute Gasteiger partial charge is 0.490 e. The Morgan fingerprint density at radius 3 is 2.69 bits per heavy atom. The van der Waals surface area contributed by atoms with Crippen LogP contribution in [0, 0.1) is 0 Å². The number of amides is 2. The van der Waals surface area contributed by atoms with Gasteiger partial charge in [0.1, 0.15) is 34.4 Å². The van der Waals surface area contributed by atoms with E-state index in [1.54, 1.807) is 36.7 Å². The maximum atomic E-state index is 12.9. The SMILES string of the molecule is CCC(=O)N1CCCC(c2nc(-c3ccc(C(=O)Nc4cc(OC5CC5)ccn4)cc3)c3c(N)nccn23)C1. The molecule has 1 aliphatic heterocycles. The first-order valence-corrected chi connectivity index (χ1v) is 13.4. The minimum atomic E-state index is -0.267. The van der Waals surface area contributed by atoms with Crippen LogP contribution in [0.2, 0.25) is 0 Å². The zero-order chi connectivity index (χ0) is 26.9. The van der Waals surface area contributed by atoms with E-state index in [1.807, 2.05) is 34.6 Å².